The van der Waals surface area contributed by atoms with Gasteiger partial charge >= 0.3 is 30.5 Å². The van der Waals surface area contributed by atoms with E-state index in [1.54, 1.807) is 68.9 Å². The molecule has 0 fully saturated rings. The molecule has 133 heavy (non-hydrogen) atoms. The van der Waals surface area contributed by atoms with Crippen LogP contribution < -0.4 is 4.74 Å². The molecule has 0 radical (unpaired) electrons. The van der Waals surface area contributed by atoms with Gasteiger partial charge in [-0.1, -0.05) is 135 Å². The Hall–Kier alpha value is -12.5. The van der Waals surface area contributed by atoms with Gasteiger partial charge in [-0.15, -0.1) is 23.2 Å². The average Bonchev–Trinajstić information content (AvgIpc) is 1.49. The van der Waals surface area contributed by atoms with E-state index in [1.807, 2.05) is 170 Å². The van der Waals surface area contributed by atoms with Crippen LogP contribution in [0.1, 0.15) is 132 Å². The number of methoxy groups -OCH3 is 3. The number of ether oxygens (including phenoxy) is 6. The first-order valence-corrected chi connectivity index (χ1v) is 46.5. The van der Waals surface area contributed by atoms with Crippen molar-refractivity contribution in [1.82, 2.24) is 49.4 Å². The Morgan fingerprint density at radius 2 is 0.669 bits per heavy atom. The van der Waals surface area contributed by atoms with E-state index in [0.717, 1.165) is 146 Å². The summed E-state index contributed by atoms with van der Waals surface area (Å²) in [4.78, 5) is 88.6. The molecule has 5 aromatic heterocycles. The maximum absolute atomic E-state index is 13.9. The number of nitrogens with one attached hydrogen (secondary N) is 5. The fourth-order valence-electron chi connectivity index (χ4n) is 18.5. The minimum absolute atomic E-state index is 0.127. The van der Waals surface area contributed by atoms with E-state index in [1.165, 1.54) is 43.0 Å². The third kappa shape index (κ3) is 19.8. The van der Waals surface area contributed by atoms with Crippen LogP contribution in [0.4, 0.5) is 28.4 Å². The second-order valence-corrected chi connectivity index (χ2v) is 35.7. The van der Waals surface area contributed by atoms with Gasteiger partial charge in [0, 0.05) is 145 Å². The van der Waals surface area contributed by atoms with Crippen molar-refractivity contribution in [2.75, 3.05) is 85.6 Å². The third-order valence-electron chi connectivity index (χ3n) is 24.3. The number of alkyl halides is 2. The van der Waals surface area contributed by atoms with Gasteiger partial charge in [-0.25, -0.2) is 28.4 Å². The molecule has 5 N–H and O–H groups in total. The number of hydrogen-bond donors (Lipinski definition) is 5. The Bertz CT molecular complexity index is 6990. The number of nitrogens with zero attached hydrogens (tertiary/aromatic N) is 7. The molecule has 0 spiro atoms. The van der Waals surface area contributed by atoms with Crippen LogP contribution in [0, 0.1) is 28.5 Å². The molecule has 32 heteroatoms. The van der Waals surface area contributed by atoms with Crippen molar-refractivity contribution in [3.8, 4) is 17.9 Å². The van der Waals surface area contributed by atoms with Gasteiger partial charge in [0.15, 0.2) is 0 Å². The highest BCUT2D eigenvalue weighted by Crippen LogP contribution is 2.47. The number of amides is 5. The Morgan fingerprint density at radius 1 is 0.376 bits per heavy atom. The first-order valence-electron chi connectivity index (χ1n) is 42.8. The molecule has 23 nitrogen and oxygen atoms in total. The van der Waals surface area contributed by atoms with Gasteiger partial charge in [0.25, 0.3) is 0 Å². The highest BCUT2D eigenvalue weighted by atomic mass is 79.9. The summed E-state index contributed by atoms with van der Waals surface area (Å²) in [6, 6.07) is 68.1. The molecule has 10 heterocycles. The van der Waals surface area contributed by atoms with Crippen LogP contribution in [0.15, 0.2) is 217 Å². The molecule has 0 saturated carbocycles. The zero-order valence-corrected chi connectivity index (χ0v) is 79.1. The van der Waals surface area contributed by atoms with Crippen molar-refractivity contribution in [3.63, 3.8) is 0 Å². The monoisotopic (exact) mass is 1990 g/mol. The zero-order valence-electron chi connectivity index (χ0n) is 72.2. The van der Waals surface area contributed by atoms with Crippen LogP contribution in [-0.2, 0) is 55.8 Å². The molecule has 5 amide bonds. The summed E-state index contributed by atoms with van der Waals surface area (Å²) in [5, 5.41) is 26.9. The summed E-state index contributed by atoms with van der Waals surface area (Å²) in [6.45, 7) is 5.11. The number of hydrogen-bond acceptors (Lipinski definition) is 13. The lowest BCUT2D eigenvalue weighted by atomic mass is 9.92. The normalized spacial score (nSPS) is 16.3. The van der Waals surface area contributed by atoms with Crippen LogP contribution >= 0.6 is 97.1 Å². The van der Waals surface area contributed by atoms with E-state index in [2.05, 4.69) is 53.0 Å². The molecule has 5 aliphatic heterocycles. The van der Waals surface area contributed by atoms with E-state index in [-0.39, 0.29) is 79.3 Å². The molecule has 15 aromatic rings. The molecule has 0 bridgehead atoms. The largest absolute Gasteiger partial charge is 0.497 e. The lowest BCUT2D eigenvalue weighted by molar-refractivity contribution is 0.0926. The van der Waals surface area contributed by atoms with Crippen molar-refractivity contribution in [2.45, 2.75) is 69.2 Å². The van der Waals surface area contributed by atoms with E-state index in [4.69, 9.17) is 120 Å². The fourth-order valence-corrected chi connectivity index (χ4v) is 20.0. The number of carbonyl (C=O) groups is 5. The lowest BCUT2D eigenvalue weighted by Gasteiger charge is -2.35. The topological polar surface area (TPSA) is 283 Å². The fraction of sp³-hybridized carbons (Fsp3) is 0.238. The average molecular weight is 1990 g/mol. The minimum atomic E-state index is -0.474. The summed E-state index contributed by atoms with van der Waals surface area (Å²) in [5.41, 5.74) is 21.2. The molecular weight excluding hydrogens is 1900 g/mol. The van der Waals surface area contributed by atoms with Crippen LogP contribution in [-0.4, -0.2) is 166 Å². The summed E-state index contributed by atoms with van der Waals surface area (Å²) in [6.07, 6.45) is 1.68. The van der Waals surface area contributed by atoms with E-state index in [9.17, 15) is 28.4 Å². The first-order chi connectivity index (χ1) is 64.5. The predicted octanol–water partition coefficient (Wildman–Crippen LogP) is 24.9. The number of H-pyrrole nitrogens is 5. The molecule has 680 valence electrons. The highest BCUT2D eigenvalue weighted by molar-refractivity contribution is 9.10. The Balaban J connectivity index is 0.000000121. The first kappa shape index (κ1) is 93.7. The van der Waals surface area contributed by atoms with Crippen molar-refractivity contribution in [2.24, 2.45) is 0 Å². The molecule has 0 saturated heterocycles. The molecule has 5 atom stereocenters. The molecule has 0 aliphatic carbocycles. The number of carbonyl (C=O) groups excluding carboxylic acids is 5. The van der Waals surface area contributed by atoms with Gasteiger partial charge in [-0.2, -0.15) is 10.5 Å². The number of aromatic nitrogens is 5. The minimum Gasteiger partial charge on any atom is -0.497 e. The van der Waals surface area contributed by atoms with E-state index >= 15 is 0 Å². The van der Waals surface area contributed by atoms with Gasteiger partial charge < -0.3 is 53.3 Å². The number of rotatable bonds is 11. The zero-order chi connectivity index (χ0) is 93.4. The van der Waals surface area contributed by atoms with Crippen LogP contribution in [0.3, 0.4) is 0 Å². The molecule has 10 aromatic carbocycles. The maximum Gasteiger partial charge on any atom is 0.410 e. The number of aromatic amines is 5. The van der Waals surface area contributed by atoms with Crippen molar-refractivity contribution >= 4 is 182 Å². The summed E-state index contributed by atoms with van der Waals surface area (Å²) < 4.78 is 46.2. The second-order valence-electron chi connectivity index (χ2n) is 31.9. The van der Waals surface area contributed by atoms with Gasteiger partial charge in [-0.05, 0) is 246 Å². The number of fused-ring (bicyclic) bond motifs is 15. The van der Waals surface area contributed by atoms with Crippen LogP contribution in [0.5, 0.6) is 5.75 Å². The standard InChI is InChI=1S/C21H20Cl2N2O3.C21H18ClN3O2.C20H17Cl2FN2O2.C20H16ClN3O2.C19H16BrClN2O2/c1-27-15-4-2-3-13(11-15)20-19-16(7-9-25(20)21(26)28-10-8-22)17-12-14(23)5-6-18(17)24-19;1-2-27-21(26)25-10-9-16-17-11-15(22)7-8-18(17)24-19(16)20(25)14-5-3-13(12-23)4-6-14;21-7-9-27-20(26)25-8-6-15-16-11-13(22)4-5-17(16)24-18(15)19(25)12-2-1-3-14(23)10-12;1-26-20(25)24-9-8-15-16-10-14(21)6-7-17(16)23-18(15)19(24)13-4-2-12(11-22)3-5-13;1-25-19(24)23-8-7-14-15-10-13(21)5-6-16(15)22-17(14)18(23)11-3-2-4-12(20)9-11/h2-6,11-12,20,24H,7-10H2,1H3;3-8,11,20,24H,2,9-10H2,1H3;1-5,10-11,19,24H,6-9H2;2-7,10,19,23H,8-9H2,1H3;2-6,9-10,18,22H,7-8H2,1H3. The van der Waals surface area contributed by atoms with Crippen LogP contribution in [0.2, 0.25) is 25.1 Å². The third-order valence-corrected chi connectivity index (χ3v) is 26.3. The molecule has 20 rings (SSSR count). The van der Waals surface area contributed by atoms with Crippen molar-refractivity contribution in [1.29, 1.82) is 10.5 Å². The summed E-state index contributed by atoms with van der Waals surface area (Å²) in [5.74, 6) is 0.866. The molecule has 5 aliphatic rings. The number of benzene rings is 10. The smallest absolute Gasteiger partial charge is 0.410 e. The summed E-state index contributed by atoms with van der Waals surface area (Å²) >= 11 is 45.8. The van der Waals surface area contributed by atoms with Gasteiger partial charge in [0.2, 0.25) is 0 Å². The molecule has 5 unspecified atom stereocenters. The maximum atomic E-state index is 13.9. The molecular formula is C101H87BrCl7FN12O11. The van der Waals surface area contributed by atoms with Gasteiger partial charge in [0.1, 0.15) is 55.0 Å². The van der Waals surface area contributed by atoms with E-state index in [0.29, 0.717) is 94.0 Å². The van der Waals surface area contributed by atoms with Gasteiger partial charge in [-0.3, -0.25) is 24.5 Å². The predicted molar refractivity (Wildman–Crippen MR) is 520 cm³/mol. The Kier molecular flexibility index (Phi) is 29.4. The number of halogens is 9. The van der Waals surface area contributed by atoms with E-state index < -0.39 is 12.1 Å². The summed E-state index contributed by atoms with van der Waals surface area (Å²) in [7, 11) is 4.43. The van der Waals surface area contributed by atoms with Crippen molar-refractivity contribution in [3.05, 3.63) is 343 Å². The SMILES string of the molecule is CCOC(=O)N1CCc2c([nH]c3ccc(Cl)cc23)C1c1ccc(C#N)cc1.COC(=O)N1CCc2c([nH]c3ccc(Cl)cc23)C1c1ccc(C#N)cc1.COC(=O)N1CCc2c([nH]c3ccc(Cl)cc23)C1c1cccc(Br)c1.COc1cccc(C2c3[nH]c4ccc(Cl)cc4c3CCN2C(=O)OCCCl)c1.O=C(OCCCl)N1CCc2c([nH]c3ccc(Cl)cc23)C1c1cccc(F)c1. The second kappa shape index (κ2) is 41.7. The lowest BCUT2D eigenvalue weighted by Crippen LogP contribution is -2.41. The van der Waals surface area contributed by atoms with Crippen LogP contribution in [0.25, 0.3) is 54.5 Å². The Morgan fingerprint density at radius 3 is 0.962 bits per heavy atom. The highest BCUT2D eigenvalue weighted by Gasteiger charge is 2.42. The quantitative estimate of drug-likeness (QED) is 0.0596. The van der Waals surface area contributed by atoms with Crippen molar-refractivity contribution < 1.29 is 56.8 Å². The Labute approximate surface area is 808 Å². The number of nitriles is 2. The van der Waals surface area contributed by atoms with Gasteiger partial charge in [0.05, 0.1) is 63.0 Å².